The zero-order chi connectivity index (χ0) is 14.5. The van der Waals surface area contributed by atoms with Gasteiger partial charge in [-0.1, -0.05) is 0 Å². The van der Waals surface area contributed by atoms with Crippen molar-refractivity contribution in [3.05, 3.63) is 39.9 Å². The van der Waals surface area contributed by atoms with Crippen molar-refractivity contribution in [2.75, 3.05) is 39.8 Å². The summed E-state index contributed by atoms with van der Waals surface area (Å²) in [4.78, 5) is 12.4. The number of hydrogen-bond donors (Lipinski definition) is 2. The fourth-order valence-corrected chi connectivity index (χ4v) is 2.12. The van der Waals surface area contributed by atoms with Crippen molar-refractivity contribution in [3.8, 4) is 0 Å². The predicted molar refractivity (Wildman–Crippen MR) is 75.1 cm³/mol. The molecule has 1 unspecified atom stereocenters. The lowest BCUT2D eigenvalue weighted by Gasteiger charge is -2.33. The number of hydrazine groups is 1. The molecule has 7 nitrogen and oxygen atoms in total. The number of rotatable bonds is 5. The summed E-state index contributed by atoms with van der Waals surface area (Å²) in [6.45, 7) is 4.25. The fraction of sp³-hybridized carbons (Fsp3) is 0.538. The number of piperazine rings is 1. The molecule has 7 heteroatoms. The van der Waals surface area contributed by atoms with Gasteiger partial charge in [-0.15, -0.1) is 0 Å². The van der Waals surface area contributed by atoms with Crippen molar-refractivity contribution in [3.63, 3.8) is 0 Å². The highest BCUT2D eigenvalue weighted by atomic mass is 16.6. The molecule has 2 N–H and O–H groups in total. The molecule has 0 saturated carbocycles. The zero-order valence-corrected chi connectivity index (χ0v) is 11.5. The maximum absolute atomic E-state index is 10.6. The number of nitro groups is 1. The first kappa shape index (κ1) is 14.9. The molecule has 1 saturated heterocycles. The molecule has 1 aromatic rings. The molecule has 110 valence electrons. The Morgan fingerprint density at radius 1 is 1.30 bits per heavy atom. The van der Waals surface area contributed by atoms with E-state index in [0.717, 1.165) is 26.2 Å². The Morgan fingerprint density at radius 3 is 2.45 bits per heavy atom. The van der Waals surface area contributed by atoms with Crippen molar-refractivity contribution in [1.29, 1.82) is 0 Å². The number of aliphatic hydroxyl groups is 1. The third kappa shape index (κ3) is 3.97. The topological polar surface area (TPSA) is 81.9 Å². The lowest BCUT2D eigenvalue weighted by Crippen LogP contribution is -2.51. The number of hydrogen-bond acceptors (Lipinski definition) is 6. The van der Waals surface area contributed by atoms with Crippen molar-refractivity contribution in [2.24, 2.45) is 0 Å². The van der Waals surface area contributed by atoms with E-state index in [2.05, 4.69) is 22.4 Å². The summed E-state index contributed by atoms with van der Waals surface area (Å²) in [5, 5.41) is 22.7. The van der Waals surface area contributed by atoms with E-state index in [1.165, 1.54) is 12.1 Å². The van der Waals surface area contributed by atoms with Gasteiger partial charge in [-0.2, -0.15) is 0 Å². The molecule has 1 atom stereocenters. The summed E-state index contributed by atoms with van der Waals surface area (Å²) in [5.74, 6) is 0. The maximum Gasteiger partial charge on any atom is 0.269 e. The van der Waals surface area contributed by atoms with Crippen LogP contribution < -0.4 is 5.43 Å². The summed E-state index contributed by atoms with van der Waals surface area (Å²) in [5.41, 5.74) is 3.91. The minimum atomic E-state index is -0.671. The third-order valence-corrected chi connectivity index (χ3v) is 3.50. The molecule has 1 aromatic carbocycles. The number of non-ortho nitro benzene ring substituents is 1. The van der Waals surface area contributed by atoms with Crippen molar-refractivity contribution in [1.82, 2.24) is 15.3 Å². The molecule has 0 spiro atoms. The Morgan fingerprint density at radius 2 is 1.90 bits per heavy atom. The van der Waals surface area contributed by atoms with Crippen LogP contribution in [0.3, 0.4) is 0 Å². The average Bonchev–Trinajstić information content (AvgIpc) is 2.46. The summed E-state index contributed by atoms with van der Waals surface area (Å²) >= 11 is 0. The van der Waals surface area contributed by atoms with Gasteiger partial charge in [-0.05, 0) is 24.7 Å². The lowest BCUT2D eigenvalue weighted by molar-refractivity contribution is -0.384. The SMILES string of the molecule is CN1CCN(NCC(O)c2ccc([N+](=O)[O-])cc2)CC1. The van der Waals surface area contributed by atoms with Crippen LogP contribution >= 0.6 is 0 Å². The van der Waals surface area contributed by atoms with E-state index in [0.29, 0.717) is 12.1 Å². The molecular weight excluding hydrogens is 260 g/mol. The Bertz CT molecular complexity index is 443. The Balaban J connectivity index is 1.82. The van der Waals surface area contributed by atoms with Crippen LogP contribution in [0.25, 0.3) is 0 Å². The van der Waals surface area contributed by atoms with Gasteiger partial charge in [0.05, 0.1) is 11.0 Å². The van der Waals surface area contributed by atoms with Crippen molar-refractivity contribution >= 4 is 5.69 Å². The minimum Gasteiger partial charge on any atom is -0.387 e. The Hall–Kier alpha value is -1.54. The highest BCUT2D eigenvalue weighted by molar-refractivity contribution is 5.33. The maximum atomic E-state index is 10.6. The molecule has 1 heterocycles. The average molecular weight is 280 g/mol. The third-order valence-electron chi connectivity index (χ3n) is 3.50. The van der Waals surface area contributed by atoms with E-state index < -0.39 is 11.0 Å². The second-order valence-electron chi connectivity index (χ2n) is 5.02. The molecule has 0 amide bonds. The zero-order valence-electron chi connectivity index (χ0n) is 11.5. The molecule has 0 bridgehead atoms. The van der Waals surface area contributed by atoms with Crippen LogP contribution in [-0.2, 0) is 0 Å². The van der Waals surface area contributed by atoms with Crippen LogP contribution in [0.2, 0.25) is 0 Å². The van der Waals surface area contributed by atoms with Gasteiger partial charge in [0, 0.05) is 44.9 Å². The number of likely N-dealkylation sites (N-methyl/N-ethyl adjacent to an activating group) is 1. The molecule has 0 radical (unpaired) electrons. The van der Waals surface area contributed by atoms with E-state index in [-0.39, 0.29) is 5.69 Å². The standard InChI is InChI=1S/C13H20N4O3/c1-15-6-8-16(9-7-15)14-10-13(18)11-2-4-12(5-3-11)17(19)20/h2-5,13-14,18H,6-10H2,1H3. The van der Waals surface area contributed by atoms with Crippen LogP contribution in [0.5, 0.6) is 0 Å². The number of nitrogens with one attached hydrogen (secondary N) is 1. The largest absolute Gasteiger partial charge is 0.387 e. The molecule has 0 aliphatic carbocycles. The predicted octanol–water partition coefficient (Wildman–Crippen LogP) is 0.380. The smallest absolute Gasteiger partial charge is 0.269 e. The van der Waals surface area contributed by atoms with Gasteiger partial charge >= 0.3 is 0 Å². The van der Waals surface area contributed by atoms with Gasteiger partial charge in [0.2, 0.25) is 0 Å². The van der Waals surface area contributed by atoms with Gasteiger partial charge in [-0.3, -0.25) is 15.5 Å². The molecule has 2 rings (SSSR count). The quantitative estimate of drug-likeness (QED) is 0.599. The number of benzene rings is 1. The summed E-state index contributed by atoms with van der Waals surface area (Å²) < 4.78 is 0. The number of aliphatic hydroxyl groups excluding tert-OH is 1. The lowest BCUT2D eigenvalue weighted by atomic mass is 10.1. The van der Waals surface area contributed by atoms with E-state index in [1.807, 2.05) is 0 Å². The van der Waals surface area contributed by atoms with Gasteiger partial charge in [0.1, 0.15) is 0 Å². The van der Waals surface area contributed by atoms with E-state index >= 15 is 0 Å². The number of nitro benzene ring substituents is 1. The number of nitrogens with zero attached hydrogens (tertiary/aromatic N) is 3. The van der Waals surface area contributed by atoms with Crippen molar-refractivity contribution in [2.45, 2.75) is 6.10 Å². The molecule has 20 heavy (non-hydrogen) atoms. The van der Waals surface area contributed by atoms with Gasteiger partial charge < -0.3 is 10.0 Å². The first-order valence-corrected chi connectivity index (χ1v) is 6.65. The molecule has 1 fully saturated rings. The van der Waals surface area contributed by atoms with Crippen molar-refractivity contribution < 1.29 is 10.0 Å². The van der Waals surface area contributed by atoms with E-state index in [9.17, 15) is 15.2 Å². The first-order chi connectivity index (χ1) is 9.56. The highest BCUT2D eigenvalue weighted by Crippen LogP contribution is 2.17. The van der Waals surface area contributed by atoms with Gasteiger partial charge in [0.25, 0.3) is 5.69 Å². The monoisotopic (exact) mass is 280 g/mol. The van der Waals surface area contributed by atoms with Crippen LogP contribution in [0, 0.1) is 10.1 Å². The highest BCUT2D eigenvalue weighted by Gasteiger charge is 2.15. The van der Waals surface area contributed by atoms with Crippen LogP contribution in [-0.4, -0.2) is 59.7 Å². The first-order valence-electron chi connectivity index (χ1n) is 6.65. The van der Waals surface area contributed by atoms with Gasteiger partial charge in [0.15, 0.2) is 0 Å². The molecule has 1 aliphatic heterocycles. The second kappa shape index (κ2) is 6.76. The van der Waals surface area contributed by atoms with Crippen LogP contribution in [0.15, 0.2) is 24.3 Å². The van der Waals surface area contributed by atoms with E-state index in [4.69, 9.17) is 0 Å². The Kier molecular flexibility index (Phi) is 5.02. The molecule has 0 aromatic heterocycles. The Labute approximate surface area is 117 Å². The summed E-state index contributed by atoms with van der Waals surface area (Å²) in [7, 11) is 2.09. The minimum absolute atomic E-state index is 0.0352. The normalized spacial score (nSPS) is 18.9. The second-order valence-corrected chi connectivity index (χ2v) is 5.02. The summed E-state index contributed by atoms with van der Waals surface area (Å²) in [6.07, 6.45) is -0.671. The van der Waals surface area contributed by atoms with Crippen LogP contribution in [0.4, 0.5) is 5.69 Å². The fourth-order valence-electron chi connectivity index (χ4n) is 2.12. The summed E-state index contributed by atoms with van der Waals surface area (Å²) in [6, 6.07) is 6.01. The van der Waals surface area contributed by atoms with E-state index in [1.54, 1.807) is 12.1 Å². The van der Waals surface area contributed by atoms with Crippen LogP contribution in [0.1, 0.15) is 11.7 Å². The molecule has 1 aliphatic rings. The molecular formula is C13H20N4O3. The van der Waals surface area contributed by atoms with Gasteiger partial charge in [-0.25, -0.2) is 5.01 Å².